The van der Waals surface area contributed by atoms with Gasteiger partial charge in [0.05, 0.1) is 0 Å². The number of piperidine rings is 1. The Hall–Kier alpha value is 0.250. The van der Waals surface area contributed by atoms with Crippen LogP contribution in [0.4, 0.5) is 0 Å². The predicted molar refractivity (Wildman–Crippen MR) is 40.6 cm³/mol. The van der Waals surface area contributed by atoms with Crippen LogP contribution in [-0.2, 0) is 0 Å². The topological polar surface area (TPSA) is 3.01 Å². The van der Waals surface area contributed by atoms with Crippen molar-refractivity contribution in [2.75, 3.05) is 13.1 Å². The van der Waals surface area contributed by atoms with Crippen LogP contribution in [0.15, 0.2) is 0 Å². The fourth-order valence-corrected chi connectivity index (χ4v) is 1.40. The highest BCUT2D eigenvalue weighted by Gasteiger charge is 2.13. The highest BCUT2D eigenvalue weighted by Crippen LogP contribution is 2.06. The Labute approximate surface area is 65.3 Å². The van der Waals surface area contributed by atoms with Crippen LogP contribution < -0.4 is 0 Å². The van der Waals surface area contributed by atoms with Crippen LogP contribution >= 0.6 is 23.2 Å². The first-order valence-corrected chi connectivity index (χ1v) is 3.99. The van der Waals surface area contributed by atoms with Gasteiger partial charge in [0.25, 0.3) is 0 Å². The van der Waals surface area contributed by atoms with E-state index in [1.807, 2.05) is 4.58 Å². The smallest absolute Gasteiger partial charge is 0.210 e. The van der Waals surface area contributed by atoms with Gasteiger partial charge in [0.2, 0.25) is 0 Å². The molecule has 1 heterocycles. The molecule has 52 valence electrons. The summed E-state index contributed by atoms with van der Waals surface area (Å²) >= 11 is 11.1. The molecule has 0 aromatic carbocycles. The van der Waals surface area contributed by atoms with E-state index in [0.29, 0.717) is 4.63 Å². The van der Waals surface area contributed by atoms with Gasteiger partial charge >= 0.3 is 4.63 Å². The second-order valence-electron chi connectivity index (χ2n) is 2.29. The quantitative estimate of drug-likeness (QED) is 0.485. The molecular formula is C6H10Cl2N+. The van der Waals surface area contributed by atoms with Crippen molar-refractivity contribution in [2.45, 2.75) is 19.3 Å². The summed E-state index contributed by atoms with van der Waals surface area (Å²) in [5, 5.41) is 0. The second kappa shape index (κ2) is 3.43. The molecule has 0 unspecified atom stereocenters. The third-order valence-corrected chi connectivity index (χ3v) is 2.07. The first kappa shape index (κ1) is 7.36. The fraction of sp³-hybridized carbons (Fsp3) is 0.833. The summed E-state index contributed by atoms with van der Waals surface area (Å²) in [6.07, 6.45) is 3.77. The summed E-state index contributed by atoms with van der Waals surface area (Å²) in [5.41, 5.74) is 0. The van der Waals surface area contributed by atoms with Gasteiger partial charge in [-0.2, -0.15) is 0 Å². The van der Waals surface area contributed by atoms with Crippen molar-refractivity contribution in [1.82, 2.24) is 0 Å². The first-order chi connectivity index (χ1) is 4.30. The maximum absolute atomic E-state index is 5.56. The monoisotopic (exact) mass is 166 g/mol. The Morgan fingerprint density at radius 2 is 1.56 bits per heavy atom. The minimum atomic E-state index is 0.426. The van der Waals surface area contributed by atoms with Crippen molar-refractivity contribution >= 4 is 27.8 Å². The molecule has 1 saturated heterocycles. The van der Waals surface area contributed by atoms with Gasteiger partial charge in [0.15, 0.2) is 0 Å². The number of rotatable bonds is 0. The zero-order valence-corrected chi connectivity index (χ0v) is 6.75. The molecule has 1 rings (SSSR count). The minimum Gasteiger partial charge on any atom is -0.210 e. The van der Waals surface area contributed by atoms with E-state index in [2.05, 4.69) is 0 Å². The van der Waals surface area contributed by atoms with E-state index in [9.17, 15) is 0 Å². The van der Waals surface area contributed by atoms with Gasteiger partial charge in [0.1, 0.15) is 13.1 Å². The molecule has 0 aromatic heterocycles. The largest absolute Gasteiger partial charge is 0.341 e. The summed E-state index contributed by atoms with van der Waals surface area (Å²) in [5.74, 6) is 0. The molecule has 1 nitrogen and oxygen atoms in total. The summed E-state index contributed by atoms with van der Waals surface area (Å²) < 4.78 is 2.43. The molecule has 0 radical (unpaired) electrons. The molecule has 0 aliphatic carbocycles. The van der Waals surface area contributed by atoms with Gasteiger partial charge in [-0.25, -0.2) is 4.58 Å². The molecule has 1 aliphatic rings. The Morgan fingerprint density at radius 1 is 1.00 bits per heavy atom. The Morgan fingerprint density at radius 3 is 1.89 bits per heavy atom. The second-order valence-corrected chi connectivity index (χ2v) is 3.20. The summed E-state index contributed by atoms with van der Waals surface area (Å²) in [4.78, 5) is 0. The van der Waals surface area contributed by atoms with Crippen LogP contribution in [-0.4, -0.2) is 22.3 Å². The zero-order chi connectivity index (χ0) is 6.69. The average Bonchev–Trinajstić information content (AvgIpc) is 1.90. The molecule has 9 heavy (non-hydrogen) atoms. The van der Waals surface area contributed by atoms with Gasteiger partial charge in [-0.05, 0) is 6.42 Å². The lowest BCUT2D eigenvalue weighted by Crippen LogP contribution is -2.22. The third-order valence-electron chi connectivity index (χ3n) is 1.60. The number of hydrogen-bond donors (Lipinski definition) is 0. The Bertz CT molecular complexity index is 119. The van der Waals surface area contributed by atoms with Gasteiger partial charge in [-0.3, -0.25) is 0 Å². The van der Waals surface area contributed by atoms with Crippen LogP contribution in [0.3, 0.4) is 0 Å². The van der Waals surface area contributed by atoms with E-state index in [0.717, 1.165) is 13.1 Å². The SMILES string of the molecule is ClC(Cl)=[N+]1CCCCC1. The van der Waals surface area contributed by atoms with Gasteiger partial charge in [-0.1, -0.05) is 0 Å². The summed E-state index contributed by atoms with van der Waals surface area (Å²) in [6.45, 7) is 2.06. The highest BCUT2D eigenvalue weighted by molar-refractivity contribution is 6.94. The molecular weight excluding hydrogens is 157 g/mol. The van der Waals surface area contributed by atoms with Crippen molar-refractivity contribution in [2.24, 2.45) is 0 Å². The van der Waals surface area contributed by atoms with E-state index in [1.165, 1.54) is 19.3 Å². The number of hydrogen-bond acceptors (Lipinski definition) is 0. The van der Waals surface area contributed by atoms with Crippen LogP contribution in [0.2, 0.25) is 0 Å². The predicted octanol–water partition coefficient (Wildman–Crippen LogP) is 2.02. The molecule has 0 aromatic rings. The van der Waals surface area contributed by atoms with Gasteiger partial charge in [-0.15, -0.1) is 0 Å². The molecule has 0 bridgehead atoms. The molecule has 3 heteroatoms. The summed E-state index contributed by atoms with van der Waals surface area (Å²) in [6, 6.07) is 0. The maximum atomic E-state index is 5.56. The van der Waals surface area contributed by atoms with Crippen LogP contribution in [0.5, 0.6) is 0 Å². The molecule has 1 aliphatic heterocycles. The van der Waals surface area contributed by atoms with Crippen LogP contribution in [0.25, 0.3) is 0 Å². The maximum Gasteiger partial charge on any atom is 0.341 e. The Kier molecular flexibility index (Phi) is 2.80. The molecule has 1 fully saturated rings. The fourth-order valence-electron chi connectivity index (χ4n) is 1.06. The Balaban J connectivity index is 2.49. The van der Waals surface area contributed by atoms with Gasteiger partial charge < -0.3 is 0 Å². The molecule has 0 saturated carbocycles. The zero-order valence-electron chi connectivity index (χ0n) is 5.24. The lowest BCUT2D eigenvalue weighted by atomic mass is 10.2. The minimum absolute atomic E-state index is 0.426. The van der Waals surface area contributed by atoms with Crippen molar-refractivity contribution in [3.63, 3.8) is 0 Å². The summed E-state index contributed by atoms with van der Waals surface area (Å²) in [7, 11) is 0. The van der Waals surface area contributed by atoms with Crippen LogP contribution in [0.1, 0.15) is 19.3 Å². The average molecular weight is 167 g/mol. The van der Waals surface area contributed by atoms with E-state index in [-0.39, 0.29) is 0 Å². The number of nitrogens with zero attached hydrogens (tertiary/aromatic N) is 1. The molecule has 0 atom stereocenters. The molecule has 0 N–H and O–H groups in total. The van der Waals surface area contributed by atoms with Crippen LogP contribution in [0, 0.1) is 0 Å². The van der Waals surface area contributed by atoms with E-state index >= 15 is 0 Å². The number of halogens is 2. The van der Waals surface area contributed by atoms with Crippen molar-refractivity contribution in [1.29, 1.82) is 0 Å². The van der Waals surface area contributed by atoms with E-state index in [4.69, 9.17) is 23.2 Å². The highest BCUT2D eigenvalue weighted by atomic mass is 35.5. The van der Waals surface area contributed by atoms with Gasteiger partial charge in [0, 0.05) is 36.0 Å². The first-order valence-electron chi connectivity index (χ1n) is 3.23. The van der Waals surface area contributed by atoms with Crippen molar-refractivity contribution in [3.8, 4) is 0 Å². The van der Waals surface area contributed by atoms with E-state index < -0.39 is 0 Å². The standard InChI is InChI=1S/C6H10Cl2N/c7-6(8)9-4-2-1-3-5-9/h1-5H2/q+1. The van der Waals surface area contributed by atoms with E-state index in [1.54, 1.807) is 0 Å². The van der Waals surface area contributed by atoms with Crippen molar-refractivity contribution in [3.05, 3.63) is 0 Å². The third kappa shape index (κ3) is 2.15. The van der Waals surface area contributed by atoms with Crippen molar-refractivity contribution < 1.29 is 4.58 Å². The molecule has 0 spiro atoms. The lowest BCUT2D eigenvalue weighted by molar-refractivity contribution is -0.533. The lowest BCUT2D eigenvalue weighted by Gasteiger charge is -2.08. The molecule has 0 amide bonds. The normalized spacial score (nSPS) is 20.0.